The van der Waals surface area contributed by atoms with Gasteiger partial charge in [-0.2, -0.15) is 0 Å². The maximum atomic E-state index is 14.0. The van der Waals surface area contributed by atoms with E-state index in [4.69, 9.17) is 0 Å². The third-order valence-electron chi connectivity index (χ3n) is 2.83. The number of hydrogen-bond donors (Lipinski definition) is 1. The molecule has 2 aromatic carbocycles. The molecule has 0 aromatic heterocycles. The second kappa shape index (κ2) is 6.65. The Hall–Kier alpha value is 0.0200. The Morgan fingerprint density at radius 3 is 2.53 bits per heavy atom. The Morgan fingerprint density at radius 2 is 1.84 bits per heavy atom. The van der Waals surface area contributed by atoms with E-state index >= 15 is 0 Å². The summed E-state index contributed by atoms with van der Waals surface area (Å²) in [5, 5.41) is 3.18. The molecule has 0 aliphatic heterocycles. The molecule has 0 spiro atoms. The first kappa shape index (κ1) is 15.4. The molecule has 0 amide bonds. The van der Waals surface area contributed by atoms with Crippen LogP contribution in [-0.4, -0.2) is 7.05 Å². The summed E-state index contributed by atoms with van der Waals surface area (Å²) in [6.45, 7) is 0. The van der Waals surface area contributed by atoms with E-state index in [0.717, 1.165) is 18.1 Å². The Bertz CT molecular complexity index is 552. The summed E-state index contributed by atoms with van der Waals surface area (Å²) in [6.07, 6.45) is 0. The topological polar surface area (TPSA) is 12.0 Å². The lowest BCUT2D eigenvalue weighted by atomic mass is 9.98. The van der Waals surface area contributed by atoms with E-state index in [1.165, 1.54) is 6.07 Å². The zero-order chi connectivity index (χ0) is 14.0. The summed E-state index contributed by atoms with van der Waals surface area (Å²) in [7, 11) is 1.83. The molecule has 0 bridgehead atoms. The third-order valence-corrected chi connectivity index (χ3v) is 4.71. The van der Waals surface area contributed by atoms with Gasteiger partial charge in [-0.3, -0.25) is 0 Å². The molecule has 0 radical (unpaired) electrons. The molecule has 19 heavy (non-hydrogen) atoms. The van der Waals surface area contributed by atoms with Crippen molar-refractivity contribution in [2.45, 2.75) is 6.04 Å². The second-order valence-corrected chi connectivity index (χ2v) is 7.07. The van der Waals surface area contributed by atoms with Crippen molar-refractivity contribution in [2.75, 3.05) is 7.05 Å². The van der Waals surface area contributed by atoms with Crippen molar-refractivity contribution < 1.29 is 4.39 Å². The maximum absolute atomic E-state index is 14.0. The largest absolute Gasteiger partial charge is 0.309 e. The molecule has 1 unspecified atom stereocenters. The van der Waals surface area contributed by atoms with Crippen LogP contribution in [-0.2, 0) is 0 Å². The van der Waals surface area contributed by atoms with Gasteiger partial charge in [0.15, 0.2) is 0 Å². The molecule has 2 aromatic rings. The molecule has 0 fully saturated rings. The van der Waals surface area contributed by atoms with Gasteiger partial charge in [-0.05, 0) is 71.6 Å². The highest BCUT2D eigenvalue weighted by molar-refractivity contribution is 14.1. The van der Waals surface area contributed by atoms with E-state index in [-0.39, 0.29) is 11.9 Å². The smallest absolute Gasteiger partial charge is 0.128 e. The fourth-order valence-corrected chi connectivity index (χ4v) is 3.32. The molecule has 1 N–H and O–H groups in total. The van der Waals surface area contributed by atoms with Crippen LogP contribution in [0.4, 0.5) is 4.39 Å². The van der Waals surface area contributed by atoms with E-state index < -0.39 is 0 Å². The molecular weight excluding hydrogens is 488 g/mol. The number of nitrogens with one attached hydrogen (secondary N) is 1. The highest BCUT2D eigenvalue weighted by Crippen LogP contribution is 2.32. The zero-order valence-corrected chi connectivity index (χ0v) is 15.4. The number of hydrogen-bond acceptors (Lipinski definition) is 1. The van der Waals surface area contributed by atoms with Gasteiger partial charge in [0, 0.05) is 18.1 Å². The van der Waals surface area contributed by atoms with E-state index in [1.807, 2.05) is 31.3 Å². The van der Waals surface area contributed by atoms with E-state index in [1.54, 1.807) is 6.07 Å². The van der Waals surface area contributed by atoms with Gasteiger partial charge in [-0.15, -0.1) is 0 Å². The fraction of sp³-hybridized carbons (Fsp3) is 0.143. The molecule has 100 valence electrons. The Morgan fingerprint density at radius 1 is 1.11 bits per heavy atom. The zero-order valence-electron chi connectivity index (χ0n) is 10.1. The normalized spacial score (nSPS) is 12.5. The van der Waals surface area contributed by atoms with Gasteiger partial charge in [0.2, 0.25) is 0 Å². The lowest BCUT2D eigenvalue weighted by Crippen LogP contribution is -2.19. The average molecular weight is 499 g/mol. The summed E-state index contributed by atoms with van der Waals surface area (Å²) in [4.78, 5) is 0. The molecule has 5 heteroatoms. The van der Waals surface area contributed by atoms with Gasteiger partial charge in [0.1, 0.15) is 5.82 Å². The number of halogens is 4. The molecule has 1 nitrogen and oxygen atoms in total. The number of benzene rings is 2. The van der Waals surface area contributed by atoms with Crippen LogP contribution in [0.3, 0.4) is 0 Å². The minimum absolute atomic E-state index is 0.193. The van der Waals surface area contributed by atoms with Crippen molar-refractivity contribution in [2.24, 2.45) is 0 Å². The Kier molecular flexibility index (Phi) is 5.39. The molecule has 0 saturated heterocycles. The predicted octanol–water partition coefficient (Wildman–Crippen LogP) is 5.26. The molecule has 0 saturated carbocycles. The first-order chi connectivity index (χ1) is 9.02. The quantitative estimate of drug-likeness (QED) is 0.569. The van der Waals surface area contributed by atoms with Gasteiger partial charge < -0.3 is 5.32 Å². The van der Waals surface area contributed by atoms with Gasteiger partial charge in [-0.1, -0.05) is 31.9 Å². The lowest BCUT2D eigenvalue weighted by molar-refractivity contribution is 0.575. The Balaban J connectivity index is 2.55. The van der Waals surface area contributed by atoms with E-state index in [0.29, 0.717) is 5.56 Å². The van der Waals surface area contributed by atoms with Crippen molar-refractivity contribution in [1.82, 2.24) is 5.32 Å². The monoisotopic (exact) mass is 497 g/mol. The van der Waals surface area contributed by atoms with Crippen LogP contribution in [0.25, 0.3) is 0 Å². The standard InChI is InChI=1S/C14H11Br2FIN/c1-19-14(10-7-9(18)3-4-12(10)16)11-6-8(15)2-5-13(11)17/h2-7,14,19H,1H3. The first-order valence-electron chi connectivity index (χ1n) is 5.60. The Labute approximate surface area is 142 Å². The third kappa shape index (κ3) is 3.56. The SMILES string of the molecule is CNC(c1cc(Br)ccc1F)c1cc(I)ccc1Br. The highest BCUT2D eigenvalue weighted by atomic mass is 127. The van der Waals surface area contributed by atoms with Gasteiger partial charge in [0.05, 0.1) is 6.04 Å². The van der Waals surface area contributed by atoms with Crippen LogP contribution < -0.4 is 5.32 Å². The number of rotatable bonds is 3. The molecule has 2 rings (SSSR count). The van der Waals surface area contributed by atoms with E-state index in [9.17, 15) is 4.39 Å². The second-order valence-electron chi connectivity index (χ2n) is 4.05. The van der Waals surface area contributed by atoms with Gasteiger partial charge in [-0.25, -0.2) is 4.39 Å². The molecule has 0 aliphatic rings. The van der Waals surface area contributed by atoms with Crippen LogP contribution in [0.2, 0.25) is 0 Å². The molecular formula is C14H11Br2FIN. The van der Waals surface area contributed by atoms with E-state index in [2.05, 4.69) is 59.8 Å². The summed E-state index contributed by atoms with van der Waals surface area (Å²) in [5.41, 5.74) is 1.64. The summed E-state index contributed by atoms with van der Waals surface area (Å²) < 4.78 is 17.0. The van der Waals surface area contributed by atoms with Crippen molar-refractivity contribution in [3.05, 3.63) is 65.9 Å². The van der Waals surface area contributed by atoms with Crippen molar-refractivity contribution in [1.29, 1.82) is 0 Å². The van der Waals surface area contributed by atoms with Gasteiger partial charge in [0.25, 0.3) is 0 Å². The van der Waals surface area contributed by atoms with Crippen LogP contribution >= 0.6 is 54.5 Å². The lowest BCUT2D eigenvalue weighted by Gasteiger charge is -2.20. The minimum atomic E-state index is -0.215. The first-order valence-corrected chi connectivity index (χ1v) is 8.26. The maximum Gasteiger partial charge on any atom is 0.128 e. The highest BCUT2D eigenvalue weighted by Gasteiger charge is 2.19. The van der Waals surface area contributed by atoms with Crippen LogP contribution in [0.1, 0.15) is 17.2 Å². The summed E-state index contributed by atoms with van der Waals surface area (Å²) in [5.74, 6) is -0.215. The molecule has 0 aliphatic carbocycles. The fourth-order valence-electron chi connectivity index (χ4n) is 1.95. The minimum Gasteiger partial charge on any atom is -0.309 e. The molecule has 1 atom stereocenters. The predicted molar refractivity (Wildman–Crippen MR) is 91.9 cm³/mol. The van der Waals surface area contributed by atoms with Crippen molar-refractivity contribution >= 4 is 54.5 Å². The van der Waals surface area contributed by atoms with Crippen LogP contribution in [0.5, 0.6) is 0 Å². The summed E-state index contributed by atoms with van der Waals surface area (Å²) >= 11 is 9.18. The average Bonchev–Trinajstić information content (AvgIpc) is 2.38. The molecule has 0 heterocycles. The van der Waals surface area contributed by atoms with Gasteiger partial charge >= 0.3 is 0 Å². The van der Waals surface area contributed by atoms with Crippen LogP contribution in [0.15, 0.2) is 45.3 Å². The van der Waals surface area contributed by atoms with Crippen molar-refractivity contribution in [3.63, 3.8) is 0 Å². The van der Waals surface area contributed by atoms with Crippen LogP contribution in [0, 0.1) is 9.39 Å². The van der Waals surface area contributed by atoms with Crippen molar-refractivity contribution in [3.8, 4) is 0 Å². The summed E-state index contributed by atoms with van der Waals surface area (Å²) in [6, 6.07) is 10.8.